The number of fused-ring (bicyclic) bond motifs is 1. The second-order valence-electron chi connectivity index (χ2n) is 5.95. The van der Waals surface area contributed by atoms with E-state index >= 15 is 0 Å². The van der Waals surface area contributed by atoms with E-state index in [0.29, 0.717) is 18.5 Å². The maximum Gasteiger partial charge on any atom is 0.263 e. The highest BCUT2D eigenvalue weighted by Crippen LogP contribution is 2.31. The summed E-state index contributed by atoms with van der Waals surface area (Å²) in [4.78, 5) is 18.3. The molecule has 130 valence electrons. The number of ether oxygens (including phenoxy) is 1. The molecule has 0 saturated heterocycles. The molecule has 0 amide bonds. The molecule has 4 rings (SSSR count). The van der Waals surface area contributed by atoms with Crippen LogP contribution in [0.2, 0.25) is 0 Å². The summed E-state index contributed by atoms with van der Waals surface area (Å²) in [6, 6.07) is 17.8. The lowest BCUT2D eigenvalue weighted by atomic mass is 10.1. The number of nitrogens with zero attached hydrogens (tertiary/aromatic N) is 2. The molecule has 0 fully saturated rings. The Kier molecular flexibility index (Phi) is 4.54. The van der Waals surface area contributed by atoms with Crippen molar-refractivity contribution >= 4 is 21.6 Å². The van der Waals surface area contributed by atoms with Crippen LogP contribution in [-0.4, -0.2) is 16.2 Å². The van der Waals surface area contributed by atoms with Gasteiger partial charge in [0.05, 0.1) is 24.9 Å². The Bertz CT molecular complexity index is 1080. The van der Waals surface area contributed by atoms with E-state index in [1.807, 2.05) is 66.9 Å². The summed E-state index contributed by atoms with van der Waals surface area (Å²) in [5.74, 6) is 0.829. The van der Waals surface area contributed by atoms with E-state index < -0.39 is 0 Å². The van der Waals surface area contributed by atoms with Crippen LogP contribution in [0.3, 0.4) is 0 Å². The first-order chi connectivity index (χ1) is 12.8. The fourth-order valence-corrected chi connectivity index (χ4v) is 3.88. The van der Waals surface area contributed by atoms with Gasteiger partial charge in [-0.05, 0) is 30.2 Å². The highest BCUT2D eigenvalue weighted by molar-refractivity contribution is 7.17. The normalized spacial score (nSPS) is 11.0. The van der Waals surface area contributed by atoms with Crippen LogP contribution in [0, 0.1) is 0 Å². The Morgan fingerprint density at radius 3 is 2.58 bits per heavy atom. The minimum Gasteiger partial charge on any atom is -0.494 e. The zero-order chi connectivity index (χ0) is 17.9. The largest absolute Gasteiger partial charge is 0.494 e. The summed E-state index contributed by atoms with van der Waals surface area (Å²) in [5.41, 5.74) is 2.99. The maximum atomic E-state index is 13.1. The van der Waals surface area contributed by atoms with Crippen molar-refractivity contribution in [3.05, 3.63) is 82.2 Å². The lowest BCUT2D eigenvalue weighted by Crippen LogP contribution is -2.20. The van der Waals surface area contributed by atoms with Crippen molar-refractivity contribution in [3.8, 4) is 16.9 Å². The molecule has 4 aromatic rings. The van der Waals surface area contributed by atoms with Gasteiger partial charge in [0.15, 0.2) is 0 Å². The molecule has 5 heteroatoms. The predicted molar refractivity (Wildman–Crippen MR) is 106 cm³/mol. The van der Waals surface area contributed by atoms with Crippen LogP contribution in [0.15, 0.2) is 71.1 Å². The van der Waals surface area contributed by atoms with Gasteiger partial charge in [-0.3, -0.25) is 9.36 Å². The van der Waals surface area contributed by atoms with Crippen molar-refractivity contribution in [1.82, 2.24) is 9.55 Å². The standard InChI is InChI=1S/C21H18N2O2S/c1-2-25-17-10-8-16(9-11-17)18-13-26-20-19(18)21(24)23(14-22-20)12-15-6-4-3-5-7-15/h3-11,13-14H,2,12H2,1H3. The van der Waals surface area contributed by atoms with E-state index in [1.54, 1.807) is 10.9 Å². The molecule has 26 heavy (non-hydrogen) atoms. The molecule has 0 unspecified atom stereocenters. The van der Waals surface area contributed by atoms with Crippen molar-refractivity contribution in [2.24, 2.45) is 0 Å². The summed E-state index contributed by atoms with van der Waals surface area (Å²) in [5, 5.41) is 2.68. The van der Waals surface area contributed by atoms with Gasteiger partial charge in [-0.2, -0.15) is 0 Å². The summed E-state index contributed by atoms with van der Waals surface area (Å²) >= 11 is 1.50. The fourth-order valence-electron chi connectivity index (χ4n) is 2.97. The Morgan fingerprint density at radius 1 is 1.08 bits per heavy atom. The van der Waals surface area contributed by atoms with E-state index in [1.165, 1.54) is 11.3 Å². The van der Waals surface area contributed by atoms with Crippen molar-refractivity contribution < 1.29 is 4.74 Å². The van der Waals surface area contributed by atoms with Gasteiger partial charge in [0.1, 0.15) is 10.6 Å². The summed E-state index contributed by atoms with van der Waals surface area (Å²) in [7, 11) is 0. The van der Waals surface area contributed by atoms with Gasteiger partial charge in [0.25, 0.3) is 5.56 Å². The topological polar surface area (TPSA) is 44.1 Å². The molecule has 0 aliphatic heterocycles. The van der Waals surface area contributed by atoms with Crippen LogP contribution in [0.1, 0.15) is 12.5 Å². The highest BCUT2D eigenvalue weighted by atomic mass is 32.1. The van der Waals surface area contributed by atoms with Crippen LogP contribution in [0.5, 0.6) is 5.75 Å². The van der Waals surface area contributed by atoms with E-state index in [2.05, 4.69) is 4.98 Å². The monoisotopic (exact) mass is 362 g/mol. The molecule has 0 N–H and O–H groups in total. The Balaban J connectivity index is 1.77. The highest BCUT2D eigenvalue weighted by Gasteiger charge is 2.13. The first-order valence-corrected chi connectivity index (χ1v) is 9.38. The number of rotatable bonds is 5. The van der Waals surface area contributed by atoms with Gasteiger partial charge in [0.2, 0.25) is 0 Å². The Morgan fingerprint density at radius 2 is 1.85 bits per heavy atom. The third-order valence-electron chi connectivity index (χ3n) is 4.23. The van der Waals surface area contributed by atoms with Gasteiger partial charge in [0, 0.05) is 10.9 Å². The van der Waals surface area contributed by atoms with Crippen molar-refractivity contribution in [1.29, 1.82) is 0 Å². The molecule has 0 spiro atoms. The zero-order valence-corrected chi connectivity index (χ0v) is 15.2. The lowest BCUT2D eigenvalue weighted by molar-refractivity contribution is 0.340. The second kappa shape index (κ2) is 7.14. The third-order valence-corrected chi connectivity index (χ3v) is 5.12. The van der Waals surface area contributed by atoms with E-state index in [-0.39, 0.29) is 5.56 Å². The number of hydrogen-bond acceptors (Lipinski definition) is 4. The zero-order valence-electron chi connectivity index (χ0n) is 14.4. The smallest absolute Gasteiger partial charge is 0.263 e. The second-order valence-corrected chi connectivity index (χ2v) is 6.81. The molecule has 0 bridgehead atoms. The van der Waals surface area contributed by atoms with E-state index in [9.17, 15) is 4.79 Å². The average Bonchev–Trinajstić information content (AvgIpc) is 3.11. The number of benzene rings is 2. The minimum absolute atomic E-state index is 0.0102. The molecule has 2 aromatic heterocycles. The summed E-state index contributed by atoms with van der Waals surface area (Å²) < 4.78 is 7.17. The Labute approximate surface area is 155 Å². The van der Waals surface area contributed by atoms with Crippen LogP contribution in [-0.2, 0) is 6.54 Å². The van der Waals surface area contributed by atoms with E-state index in [4.69, 9.17) is 4.74 Å². The van der Waals surface area contributed by atoms with Crippen molar-refractivity contribution in [2.75, 3.05) is 6.61 Å². The molecular weight excluding hydrogens is 344 g/mol. The molecule has 0 atom stereocenters. The Hall–Kier alpha value is -2.92. The first kappa shape index (κ1) is 16.5. The molecular formula is C21H18N2O2S. The van der Waals surface area contributed by atoms with Crippen LogP contribution in [0.25, 0.3) is 21.3 Å². The van der Waals surface area contributed by atoms with Gasteiger partial charge < -0.3 is 4.74 Å². The maximum absolute atomic E-state index is 13.1. The predicted octanol–water partition coefficient (Wildman–Crippen LogP) is 4.57. The summed E-state index contributed by atoms with van der Waals surface area (Å²) in [6.45, 7) is 3.11. The van der Waals surface area contributed by atoms with Crippen LogP contribution >= 0.6 is 11.3 Å². The average molecular weight is 362 g/mol. The molecule has 2 aromatic carbocycles. The van der Waals surface area contributed by atoms with Gasteiger partial charge >= 0.3 is 0 Å². The van der Waals surface area contributed by atoms with Gasteiger partial charge in [-0.1, -0.05) is 42.5 Å². The first-order valence-electron chi connectivity index (χ1n) is 8.50. The van der Waals surface area contributed by atoms with Crippen molar-refractivity contribution in [3.63, 3.8) is 0 Å². The fraction of sp³-hybridized carbons (Fsp3) is 0.143. The number of aromatic nitrogens is 2. The molecule has 2 heterocycles. The lowest BCUT2D eigenvalue weighted by Gasteiger charge is -2.07. The minimum atomic E-state index is -0.0102. The molecule has 0 radical (unpaired) electrons. The van der Waals surface area contributed by atoms with E-state index in [0.717, 1.165) is 27.3 Å². The van der Waals surface area contributed by atoms with Crippen LogP contribution < -0.4 is 10.3 Å². The summed E-state index contributed by atoms with van der Waals surface area (Å²) in [6.07, 6.45) is 1.64. The molecule has 0 aliphatic carbocycles. The SMILES string of the molecule is CCOc1ccc(-c2csc3ncn(Cc4ccccc4)c(=O)c23)cc1. The molecule has 4 nitrogen and oxygen atoms in total. The van der Waals surface area contributed by atoms with Crippen molar-refractivity contribution in [2.45, 2.75) is 13.5 Å². The number of hydrogen-bond donors (Lipinski definition) is 0. The molecule has 0 saturated carbocycles. The number of thiophene rings is 1. The molecule has 0 aliphatic rings. The third kappa shape index (κ3) is 3.13. The van der Waals surface area contributed by atoms with Gasteiger partial charge in [-0.15, -0.1) is 11.3 Å². The van der Waals surface area contributed by atoms with Crippen LogP contribution in [0.4, 0.5) is 0 Å². The van der Waals surface area contributed by atoms with Gasteiger partial charge in [-0.25, -0.2) is 4.98 Å². The quantitative estimate of drug-likeness (QED) is 0.522.